The van der Waals surface area contributed by atoms with Gasteiger partial charge in [0.25, 0.3) is 5.91 Å². The number of rotatable bonds is 7. The van der Waals surface area contributed by atoms with E-state index >= 15 is 0 Å². The Balaban J connectivity index is 1.43. The zero-order valence-electron chi connectivity index (χ0n) is 18.3. The predicted molar refractivity (Wildman–Crippen MR) is 127 cm³/mol. The Bertz CT molecular complexity index is 1240. The Morgan fingerprint density at radius 1 is 0.971 bits per heavy atom. The minimum absolute atomic E-state index is 0.0378. The number of hydrogen-bond donors (Lipinski definition) is 2. The lowest BCUT2D eigenvalue weighted by atomic mass is 10.1. The van der Waals surface area contributed by atoms with Crippen molar-refractivity contribution < 1.29 is 23.9 Å². The van der Waals surface area contributed by atoms with E-state index in [1.54, 1.807) is 72.8 Å². The number of ether oxygens (including phenoxy) is 2. The van der Waals surface area contributed by atoms with Crippen molar-refractivity contribution in [3.63, 3.8) is 0 Å². The summed E-state index contributed by atoms with van der Waals surface area (Å²) in [5, 5.41) is 8.47. The molecule has 0 fully saturated rings. The fraction of sp³-hybridized carbons (Fsp3) is 0.120. The molecule has 0 saturated carbocycles. The molecule has 0 aromatic heterocycles. The van der Waals surface area contributed by atoms with Crippen molar-refractivity contribution in [3.8, 4) is 11.5 Å². The molecule has 1 aliphatic rings. The third-order valence-corrected chi connectivity index (χ3v) is 5.17. The zero-order chi connectivity index (χ0) is 24.1. The molecule has 3 aromatic carbocycles. The predicted octanol–water partition coefficient (Wildman–Crippen LogP) is 2.97. The summed E-state index contributed by atoms with van der Waals surface area (Å²) in [6, 6.07) is 21.4. The Hall–Kier alpha value is -4.66. The summed E-state index contributed by atoms with van der Waals surface area (Å²) in [7, 11) is 1.49. The molecule has 172 valence electrons. The Morgan fingerprint density at radius 2 is 1.65 bits per heavy atom. The molecule has 0 unspecified atom stereocenters. The molecule has 0 aliphatic carbocycles. The van der Waals surface area contributed by atoms with Crippen LogP contribution in [0.4, 0.5) is 11.4 Å². The fourth-order valence-electron chi connectivity index (χ4n) is 3.48. The van der Waals surface area contributed by atoms with Crippen LogP contribution in [0.5, 0.6) is 11.5 Å². The minimum Gasteiger partial charge on any atom is -0.496 e. The first-order chi connectivity index (χ1) is 16.5. The molecule has 0 radical (unpaired) electrons. The van der Waals surface area contributed by atoms with Crippen LogP contribution in [0.1, 0.15) is 16.8 Å². The number of hydrogen-bond acceptors (Lipinski definition) is 7. The number of nitrogens with zero attached hydrogens (tertiary/aromatic N) is 2. The van der Waals surface area contributed by atoms with E-state index < -0.39 is 17.9 Å². The van der Waals surface area contributed by atoms with Crippen molar-refractivity contribution in [2.45, 2.75) is 12.5 Å². The summed E-state index contributed by atoms with van der Waals surface area (Å²) < 4.78 is 10.6. The highest BCUT2D eigenvalue weighted by Crippen LogP contribution is 2.26. The number of hydrazone groups is 1. The number of carbonyl (C=O) groups excluding carboxylic acids is 3. The third-order valence-electron chi connectivity index (χ3n) is 5.17. The van der Waals surface area contributed by atoms with E-state index in [2.05, 4.69) is 10.4 Å². The molecular formula is C25H22N4O5. The lowest BCUT2D eigenvalue weighted by molar-refractivity contribution is -0.127. The average Bonchev–Trinajstić information content (AvgIpc) is 3.32. The molecule has 3 N–H and O–H groups in total. The Kier molecular flexibility index (Phi) is 6.54. The molecule has 34 heavy (non-hydrogen) atoms. The third kappa shape index (κ3) is 4.88. The normalized spacial score (nSPS) is 14.8. The van der Waals surface area contributed by atoms with E-state index in [-0.39, 0.29) is 23.8 Å². The van der Waals surface area contributed by atoms with Crippen LogP contribution >= 0.6 is 0 Å². The Labute approximate surface area is 195 Å². The van der Waals surface area contributed by atoms with E-state index in [4.69, 9.17) is 15.2 Å². The molecular weight excluding hydrogens is 436 g/mol. The first-order valence-corrected chi connectivity index (χ1v) is 10.4. The van der Waals surface area contributed by atoms with E-state index in [1.165, 1.54) is 12.1 Å². The maximum absolute atomic E-state index is 12.7. The van der Waals surface area contributed by atoms with Crippen LogP contribution in [0.2, 0.25) is 0 Å². The number of nitrogens with one attached hydrogen (secondary N) is 1. The van der Waals surface area contributed by atoms with Crippen molar-refractivity contribution in [2.75, 3.05) is 17.4 Å². The maximum atomic E-state index is 12.7. The number of primary amides is 1. The molecule has 9 heteroatoms. The molecule has 2 amide bonds. The highest BCUT2D eigenvalue weighted by atomic mass is 16.5. The van der Waals surface area contributed by atoms with Crippen LogP contribution in [-0.2, 0) is 9.59 Å². The van der Waals surface area contributed by atoms with Crippen molar-refractivity contribution in [3.05, 3.63) is 84.4 Å². The number of methoxy groups -OCH3 is 1. The van der Waals surface area contributed by atoms with Crippen molar-refractivity contribution in [1.82, 2.24) is 0 Å². The quantitative estimate of drug-likeness (QED) is 0.414. The van der Waals surface area contributed by atoms with E-state index in [1.807, 2.05) is 6.07 Å². The van der Waals surface area contributed by atoms with Crippen LogP contribution in [0.3, 0.4) is 0 Å². The SMILES string of the molecule is COc1ccccc1C(=O)Nc1ccc(OC(=O)C2=NN(c3ccccc3)[C@@H](C(N)=O)C2)cc1. The van der Waals surface area contributed by atoms with Gasteiger partial charge >= 0.3 is 5.97 Å². The molecule has 3 aromatic rings. The van der Waals surface area contributed by atoms with Crippen LogP contribution in [-0.4, -0.2) is 36.6 Å². The highest BCUT2D eigenvalue weighted by molar-refractivity contribution is 6.38. The van der Waals surface area contributed by atoms with Crippen molar-refractivity contribution >= 4 is 34.9 Å². The van der Waals surface area contributed by atoms with Crippen LogP contribution in [0.25, 0.3) is 0 Å². The van der Waals surface area contributed by atoms with Gasteiger partial charge in [0.2, 0.25) is 5.91 Å². The van der Waals surface area contributed by atoms with E-state index in [0.29, 0.717) is 22.7 Å². The summed E-state index contributed by atoms with van der Waals surface area (Å²) >= 11 is 0. The molecule has 9 nitrogen and oxygen atoms in total. The van der Waals surface area contributed by atoms with Gasteiger partial charge in [-0.15, -0.1) is 0 Å². The van der Waals surface area contributed by atoms with Gasteiger partial charge in [-0.25, -0.2) is 4.79 Å². The van der Waals surface area contributed by atoms with Crippen LogP contribution in [0, 0.1) is 0 Å². The molecule has 1 aliphatic heterocycles. The smallest absolute Gasteiger partial charge is 0.359 e. The summed E-state index contributed by atoms with van der Waals surface area (Å²) in [6.07, 6.45) is 0.0378. The lowest BCUT2D eigenvalue weighted by Crippen LogP contribution is -2.39. The van der Waals surface area contributed by atoms with Gasteiger partial charge in [0.15, 0.2) is 0 Å². The van der Waals surface area contributed by atoms with Gasteiger partial charge in [0.1, 0.15) is 23.3 Å². The second-order valence-corrected chi connectivity index (χ2v) is 7.42. The van der Waals surface area contributed by atoms with E-state index in [9.17, 15) is 14.4 Å². The molecule has 4 rings (SSSR count). The van der Waals surface area contributed by atoms with E-state index in [0.717, 1.165) is 0 Å². The standard InChI is InChI=1S/C25H22N4O5/c1-33-22-10-6-5-9-19(22)24(31)27-16-11-13-18(14-12-16)34-25(32)20-15-21(23(26)30)29(28-20)17-7-3-2-4-8-17/h2-14,21H,15H2,1H3,(H2,26,30)(H,27,31)/t21-/m1/s1. The van der Waals surface area contributed by atoms with Gasteiger partial charge in [0.05, 0.1) is 18.4 Å². The number of amides is 2. The van der Waals surface area contributed by atoms with Crippen LogP contribution in [0.15, 0.2) is 84.0 Å². The summed E-state index contributed by atoms with van der Waals surface area (Å²) in [5.41, 5.74) is 7.14. The fourth-order valence-corrected chi connectivity index (χ4v) is 3.48. The highest BCUT2D eigenvalue weighted by Gasteiger charge is 2.35. The molecule has 0 spiro atoms. The van der Waals surface area contributed by atoms with Gasteiger partial charge in [0, 0.05) is 12.1 Å². The zero-order valence-corrected chi connectivity index (χ0v) is 18.3. The first kappa shape index (κ1) is 22.5. The molecule has 1 atom stereocenters. The summed E-state index contributed by atoms with van der Waals surface area (Å²) in [6.45, 7) is 0. The number of esters is 1. The number of anilines is 2. The van der Waals surface area contributed by atoms with Crippen molar-refractivity contribution in [1.29, 1.82) is 0 Å². The number of para-hydroxylation sites is 2. The van der Waals surface area contributed by atoms with Gasteiger partial charge in [-0.2, -0.15) is 5.10 Å². The van der Waals surface area contributed by atoms with Gasteiger partial charge in [-0.1, -0.05) is 30.3 Å². The second kappa shape index (κ2) is 9.86. The topological polar surface area (TPSA) is 123 Å². The molecule has 0 saturated heterocycles. The summed E-state index contributed by atoms with van der Waals surface area (Å²) in [4.78, 5) is 37.1. The lowest BCUT2D eigenvalue weighted by Gasteiger charge is -2.20. The largest absolute Gasteiger partial charge is 0.496 e. The maximum Gasteiger partial charge on any atom is 0.359 e. The molecule has 0 bridgehead atoms. The van der Waals surface area contributed by atoms with Gasteiger partial charge < -0.3 is 20.5 Å². The van der Waals surface area contributed by atoms with Crippen LogP contribution < -0.4 is 25.5 Å². The minimum atomic E-state index is -0.780. The summed E-state index contributed by atoms with van der Waals surface area (Å²) in [5.74, 6) is -0.888. The molecule has 1 heterocycles. The monoisotopic (exact) mass is 458 g/mol. The Morgan fingerprint density at radius 3 is 2.32 bits per heavy atom. The second-order valence-electron chi connectivity index (χ2n) is 7.42. The average molecular weight is 458 g/mol. The number of nitrogens with two attached hydrogens (primary N) is 1. The van der Waals surface area contributed by atoms with Crippen molar-refractivity contribution in [2.24, 2.45) is 10.8 Å². The number of benzene rings is 3. The first-order valence-electron chi connectivity index (χ1n) is 10.4. The van der Waals surface area contributed by atoms with Gasteiger partial charge in [-0.3, -0.25) is 14.6 Å². The number of carbonyl (C=O) groups is 3. The van der Waals surface area contributed by atoms with Gasteiger partial charge in [-0.05, 0) is 48.5 Å².